The van der Waals surface area contributed by atoms with E-state index in [2.05, 4.69) is 9.71 Å². The third-order valence-corrected chi connectivity index (χ3v) is 6.21. The van der Waals surface area contributed by atoms with E-state index >= 15 is 0 Å². The van der Waals surface area contributed by atoms with Crippen LogP contribution < -0.4 is 5.32 Å². The summed E-state index contributed by atoms with van der Waals surface area (Å²) in [4.78, 5) is 13.1. The Morgan fingerprint density at radius 2 is 2.11 bits per heavy atom. The maximum atomic E-state index is 13.3. The predicted molar refractivity (Wildman–Crippen MR) is 104 cm³/mol. The van der Waals surface area contributed by atoms with Crippen LogP contribution in [-0.4, -0.2) is 20.4 Å². The lowest BCUT2D eigenvalue weighted by Crippen LogP contribution is -2.18. The standard InChI is InChI=1S/C18H20ClFN4O2S/c1-10(2)15-7-5-12-16(27(21,26)23-15)9-24(3)17(12)18(25)22-11-4-6-14(20)13(19)8-11/h4,6,8-10,21H,5,7H2,1-3H3,(H,22,25). The van der Waals surface area contributed by atoms with Crippen LogP contribution in [0.5, 0.6) is 0 Å². The highest BCUT2D eigenvalue weighted by atomic mass is 35.5. The van der Waals surface area contributed by atoms with Crippen LogP contribution in [-0.2, 0) is 23.4 Å². The van der Waals surface area contributed by atoms with E-state index in [9.17, 15) is 13.4 Å². The fraction of sp³-hybridized carbons (Fsp3) is 0.333. The van der Waals surface area contributed by atoms with Crippen LogP contribution in [0.15, 0.2) is 33.7 Å². The van der Waals surface area contributed by atoms with Gasteiger partial charge in [0.25, 0.3) is 5.91 Å². The smallest absolute Gasteiger partial charge is 0.272 e. The number of hydrogen-bond donors (Lipinski definition) is 2. The van der Waals surface area contributed by atoms with Gasteiger partial charge in [-0.1, -0.05) is 25.4 Å². The van der Waals surface area contributed by atoms with E-state index < -0.39 is 21.6 Å². The topological polar surface area (TPSA) is 87.3 Å². The first-order valence-electron chi connectivity index (χ1n) is 8.42. The predicted octanol–water partition coefficient (Wildman–Crippen LogP) is 4.43. The normalized spacial score (nSPS) is 19.4. The van der Waals surface area contributed by atoms with Crippen molar-refractivity contribution in [3.63, 3.8) is 0 Å². The molecule has 1 unspecified atom stereocenters. The van der Waals surface area contributed by atoms with E-state index in [4.69, 9.17) is 16.4 Å². The van der Waals surface area contributed by atoms with Gasteiger partial charge in [-0.05, 0) is 37.0 Å². The zero-order valence-electron chi connectivity index (χ0n) is 15.2. The molecule has 9 heteroatoms. The molecule has 0 spiro atoms. The molecule has 0 aliphatic carbocycles. The molecule has 1 aromatic heterocycles. The number of hydrogen-bond acceptors (Lipinski definition) is 3. The second kappa shape index (κ2) is 7.09. The van der Waals surface area contributed by atoms with Gasteiger partial charge in [-0.3, -0.25) is 4.79 Å². The molecular formula is C18H20ClFN4O2S. The Labute approximate surface area is 162 Å². The first-order chi connectivity index (χ1) is 12.6. The van der Waals surface area contributed by atoms with Gasteiger partial charge in [-0.2, -0.15) is 4.40 Å². The van der Waals surface area contributed by atoms with E-state index in [-0.39, 0.29) is 15.8 Å². The number of halogens is 2. The minimum atomic E-state index is -3.38. The van der Waals surface area contributed by atoms with Gasteiger partial charge in [0, 0.05) is 30.2 Å². The lowest BCUT2D eigenvalue weighted by molar-refractivity contribution is 0.101. The number of carbonyl (C=O) groups excluding carboxylic acids is 1. The second-order valence-electron chi connectivity index (χ2n) is 6.78. The minimum Gasteiger partial charge on any atom is -0.345 e. The molecule has 0 fully saturated rings. The molecule has 0 radical (unpaired) electrons. The molecule has 1 aliphatic rings. The number of nitrogens with one attached hydrogen (secondary N) is 2. The molecule has 2 heterocycles. The summed E-state index contributed by atoms with van der Waals surface area (Å²) in [6.07, 6.45) is 2.53. The van der Waals surface area contributed by atoms with Gasteiger partial charge in [0.05, 0.1) is 9.92 Å². The third-order valence-electron chi connectivity index (χ3n) is 4.48. The van der Waals surface area contributed by atoms with Gasteiger partial charge < -0.3 is 9.88 Å². The monoisotopic (exact) mass is 410 g/mol. The van der Waals surface area contributed by atoms with Gasteiger partial charge in [0.1, 0.15) is 11.5 Å². The van der Waals surface area contributed by atoms with Crippen molar-refractivity contribution in [1.82, 2.24) is 4.57 Å². The number of fused-ring (bicyclic) bond motifs is 1. The molecule has 0 saturated carbocycles. The summed E-state index contributed by atoms with van der Waals surface area (Å²) < 4.78 is 40.1. The molecule has 0 bridgehead atoms. The molecule has 27 heavy (non-hydrogen) atoms. The Morgan fingerprint density at radius 1 is 1.41 bits per heavy atom. The van der Waals surface area contributed by atoms with E-state index in [0.717, 1.165) is 0 Å². The van der Waals surface area contributed by atoms with Crippen molar-refractivity contribution in [2.24, 2.45) is 17.4 Å². The Bertz CT molecular complexity index is 1060. The molecule has 3 rings (SSSR count). The summed E-state index contributed by atoms with van der Waals surface area (Å²) >= 11 is 5.76. The van der Waals surface area contributed by atoms with Crippen LogP contribution in [0.2, 0.25) is 5.02 Å². The van der Waals surface area contributed by atoms with Crippen molar-refractivity contribution in [2.45, 2.75) is 31.6 Å². The molecule has 2 N–H and O–H groups in total. The number of rotatable bonds is 3. The molecule has 144 valence electrons. The Morgan fingerprint density at radius 3 is 2.74 bits per heavy atom. The summed E-state index contributed by atoms with van der Waals surface area (Å²) in [5.41, 5.74) is 1.93. The Balaban J connectivity index is 2.00. The maximum Gasteiger partial charge on any atom is 0.272 e. The highest BCUT2D eigenvalue weighted by Crippen LogP contribution is 2.30. The first-order valence-corrected chi connectivity index (χ1v) is 10.3. The molecule has 2 aromatic rings. The number of amides is 1. The van der Waals surface area contributed by atoms with E-state index in [1.807, 2.05) is 13.8 Å². The highest BCUT2D eigenvalue weighted by molar-refractivity contribution is 7.91. The lowest BCUT2D eigenvalue weighted by Gasteiger charge is -2.10. The van der Waals surface area contributed by atoms with Crippen molar-refractivity contribution < 1.29 is 13.4 Å². The van der Waals surface area contributed by atoms with E-state index in [1.54, 1.807) is 11.6 Å². The maximum absolute atomic E-state index is 13.3. The van der Waals surface area contributed by atoms with E-state index in [0.29, 0.717) is 35.5 Å². The van der Waals surface area contributed by atoms with Gasteiger partial charge in [-0.15, -0.1) is 0 Å². The quantitative estimate of drug-likeness (QED) is 0.783. The second-order valence-corrected chi connectivity index (χ2v) is 8.86. The number of aryl methyl sites for hydroxylation is 1. The number of nitrogens with zero attached hydrogens (tertiary/aromatic N) is 2. The number of benzene rings is 1. The van der Waals surface area contributed by atoms with Crippen LogP contribution in [0.3, 0.4) is 0 Å². The van der Waals surface area contributed by atoms with Crippen LogP contribution in [0.25, 0.3) is 0 Å². The van der Waals surface area contributed by atoms with Gasteiger partial charge >= 0.3 is 0 Å². The van der Waals surface area contributed by atoms with Crippen LogP contribution in [0.4, 0.5) is 10.1 Å². The van der Waals surface area contributed by atoms with Gasteiger partial charge in [0.2, 0.25) is 0 Å². The average Bonchev–Trinajstić information content (AvgIpc) is 2.85. The fourth-order valence-corrected chi connectivity index (χ4v) is 4.84. The molecule has 1 aliphatic heterocycles. The van der Waals surface area contributed by atoms with Crippen molar-refractivity contribution >= 4 is 38.8 Å². The number of anilines is 1. The van der Waals surface area contributed by atoms with Crippen LogP contribution >= 0.6 is 11.6 Å². The summed E-state index contributed by atoms with van der Waals surface area (Å²) in [6.45, 7) is 3.88. The van der Waals surface area contributed by atoms with Gasteiger partial charge in [-0.25, -0.2) is 13.4 Å². The molecule has 1 amide bonds. The minimum absolute atomic E-state index is 0.0764. The van der Waals surface area contributed by atoms with Crippen molar-refractivity contribution in [3.05, 3.63) is 46.5 Å². The molecule has 6 nitrogen and oxygen atoms in total. The molecule has 0 saturated heterocycles. The fourth-order valence-electron chi connectivity index (χ4n) is 3.10. The number of aromatic nitrogens is 1. The highest BCUT2D eigenvalue weighted by Gasteiger charge is 2.29. The van der Waals surface area contributed by atoms with Gasteiger partial charge in [0.15, 0.2) is 9.92 Å². The Kier molecular flexibility index (Phi) is 5.14. The summed E-state index contributed by atoms with van der Waals surface area (Å²) in [5.74, 6) is -0.938. The largest absolute Gasteiger partial charge is 0.345 e. The van der Waals surface area contributed by atoms with Crippen LogP contribution in [0.1, 0.15) is 36.3 Å². The average molecular weight is 411 g/mol. The van der Waals surface area contributed by atoms with E-state index in [1.165, 1.54) is 24.4 Å². The SMILES string of the molecule is CC(C)C1=NS(=N)(=O)c2cn(C)c(C(=O)Nc3ccc(F)c(Cl)c3)c2CC1. The van der Waals surface area contributed by atoms with Crippen molar-refractivity contribution in [2.75, 3.05) is 5.32 Å². The summed E-state index contributed by atoms with van der Waals surface area (Å²) in [7, 11) is -1.72. The molecular weight excluding hydrogens is 391 g/mol. The lowest BCUT2D eigenvalue weighted by atomic mass is 10.00. The van der Waals surface area contributed by atoms with Crippen molar-refractivity contribution in [1.29, 1.82) is 4.78 Å². The zero-order chi connectivity index (χ0) is 19.9. The Hall–Kier alpha value is -2.19. The number of carbonyl (C=O) groups is 1. The molecule has 1 atom stereocenters. The van der Waals surface area contributed by atoms with Crippen molar-refractivity contribution in [3.8, 4) is 0 Å². The summed E-state index contributed by atoms with van der Waals surface area (Å²) in [5, 5.41) is 2.59. The van der Waals surface area contributed by atoms with Crippen LogP contribution in [0, 0.1) is 16.5 Å². The molecule has 1 aromatic carbocycles. The summed E-state index contributed by atoms with van der Waals surface area (Å²) in [6, 6.07) is 3.90. The zero-order valence-corrected chi connectivity index (χ0v) is 16.7. The third kappa shape index (κ3) is 3.77. The first kappa shape index (κ1) is 19.6.